The maximum absolute atomic E-state index is 5.81. The molecule has 120 valence electrons. The summed E-state index contributed by atoms with van der Waals surface area (Å²) < 4.78 is 17.2. The van der Waals surface area contributed by atoms with Crippen molar-refractivity contribution >= 4 is 0 Å². The molecular formula is C17H34O3. The molecule has 0 aromatic rings. The zero-order valence-corrected chi connectivity index (χ0v) is 14.3. The Kier molecular flexibility index (Phi) is 6.96. The fraction of sp³-hybridized carbons (Fsp3) is 1.00. The second-order valence-corrected chi connectivity index (χ2v) is 7.93. The standard InChI is InChI=1S/C17H34O3/c1-16(2,3)19-12-11-14-7-9-15(10-8-14)18-13-20-17(4,5)6/h14-15H,7-13H2,1-6H3. The van der Waals surface area contributed by atoms with E-state index >= 15 is 0 Å². The molecule has 1 aliphatic carbocycles. The van der Waals surface area contributed by atoms with Crippen molar-refractivity contribution in [1.29, 1.82) is 0 Å². The molecule has 0 bridgehead atoms. The van der Waals surface area contributed by atoms with Crippen molar-refractivity contribution in [1.82, 2.24) is 0 Å². The fourth-order valence-corrected chi connectivity index (χ4v) is 2.43. The largest absolute Gasteiger partial charge is 0.376 e. The summed E-state index contributed by atoms with van der Waals surface area (Å²) in [6, 6.07) is 0. The third-order valence-corrected chi connectivity index (χ3v) is 3.65. The highest BCUT2D eigenvalue weighted by atomic mass is 16.7. The normalized spacial score (nSPS) is 24.9. The first-order valence-corrected chi connectivity index (χ1v) is 8.05. The Bertz CT molecular complexity index is 226. The Morgan fingerprint density at radius 3 is 1.85 bits per heavy atom. The predicted molar refractivity (Wildman–Crippen MR) is 82.9 cm³/mol. The van der Waals surface area contributed by atoms with Gasteiger partial charge in [0.15, 0.2) is 0 Å². The van der Waals surface area contributed by atoms with E-state index in [4.69, 9.17) is 14.2 Å². The average Bonchev–Trinajstić information content (AvgIpc) is 2.28. The molecule has 3 nitrogen and oxygen atoms in total. The van der Waals surface area contributed by atoms with Gasteiger partial charge in [0.25, 0.3) is 0 Å². The van der Waals surface area contributed by atoms with Crippen LogP contribution < -0.4 is 0 Å². The second-order valence-electron chi connectivity index (χ2n) is 7.93. The quantitative estimate of drug-likeness (QED) is 0.671. The molecule has 0 spiro atoms. The van der Waals surface area contributed by atoms with Gasteiger partial charge in [-0.2, -0.15) is 0 Å². The van der Waals surface area contributed by atoms with Crippen LogP contribution in [0.4, 0.5) is 0 Å². The van der Waals surface area contributed by atoms with E-state index < -0.39 is 0 Å². The highest BCUT2D eigenvalue weighted by Gasteiger charge is 2.22. The van der Waals surface area contributed by atoms with Gasteiger partial charge in [0.1, 0.15) is 6.79 Å². The zero-order valence-electron chi connectivity index (χ0n) is 14.3. The molecule has 0 amide bonds. The van der Waals surface area contributed by atoms with Crippen LogP contribution in [0.3, 0.4) is 0 Å². The summed E-state index contributed by atoms with van der Waals surface area (Å²) in [5, 5.41) is 0. The highest BCUT2D eigenvalue weighted by molar-refractivity contribution is 4.73. The molecule has 0 N–H and O–H groups in total. The summed E-state index contributed by atoms with van der Waals surface area (Å²) >= 11 is 0. The molecule has 0 aromatic heterocycles. The number of rotatable bonds is 6. The van der Waals surface area contributed by atoms with E-state index in [0.717, 1.165) is 25.4 Å². The van der Waals surface area contributed by atoms with Gasteiger partial charge in [-0.25, -0.2) is 0 Å². The van der Waals surface area contributed by atoms with Crippen LogP contribution in [0.25, 0.3) is 0 Å². The molecular weight excluding hydrogens is 252 g/mol. The number of hydrogen-bond donors (Lipinski definition) is 0. The van der Waals surface area contributed by atoms with E-state index in [1.54, 1.807) is 0 Å². The molecule has 0 atom stereocenters. The zero-order chi connectivity index (χ0) is 15.2. The van der Waals surface area contributed by atoms with Gasteiger partial charge in [0.05, 0.1) is 17.3 Å². The second kappa shape index (κ2) is 7.77. The minimum atomic E-state index is -0.110. The molecule has 0 heterocycles. The topological polar surface area (TPSA) is 27.7 Å². The molecule has 0 aliphatic heterocycles. The first kappa shape index (κ1) is 17.9. The third kappa shape index (κ3) is 8.93. The smallest absolute Gasteiger partial charge is 0.147 e. The van der Waals surface area contributed by atoms with Gasteiger partial charge in [-0.05, 0) is 79.6 Å². The monoisotopic (exact) mass is 286 g/mol. The Morgan fingerprint density at radius 2 is 1.35 bits per heavy atom. The molecule has 1 saturated carbocycles. The SMILES string of the molecule is CC(C)(C)OCCC1CCC(OCOC(C)(C)C)CC1. The Labute approximate surface area is 125 Å². The lowest BCUT2D eigenvalue weighted by Crippen LogP contribution is -2.27. The van der Waals surface area contributed by atoms with Gasteiger partial charge >= 0.3 is 0 Å². The molecule has 1 rings (SSSR count). The van der Waals surface area contributed by atoms with Gasteiger partial charge in [-0.1, -0.05) is 0 Å². The van der Waals surface area contributed by atoms with Gasteiger partial charge in [0, 0.05) is 6.61 Å². The van der Waals surface area contributed by atoms with Crippen LogP contribution in [0.1, 0.15) is 73.6 Å². The summed E-state index contributed by atoms with van der Waals surface area (Å²) in [5.74, 6) is 0.806. The molecule has 3 heteroatoms. The molecule has 1 fully saturated rings. The molecule has 0 radical (unpaired) electrons. The minimum Gasteiger partial charge on any atom is -0.376 e. The van der Waals surface area contributed by atoms with Crippen LogP contribution in [-0.2, 0) is 14.2 Å². The van der Waals surface area contributed by atoms with Crippen molar-refractivity contribution in [2.24, 2.45) is 5.92 Å². The maximum Gasteiger partial charge on any atom is 0.147 e. The lowest BCUT2D eigenvalue weighted by molar-refractivity contribution is -0.150. The summed E-state index contributed by atoms with van der Waals surface area (Å²) in [4.78, 5) is 0. The van der Waals surface area contributed by atoms with Crippen molar-refractivity contribution in [3.8, 4) is 0 Å². The molecule has 20 heavy (non-hydrogen) atoms. The van der Waals surface area contributed by atoms with Gasteiger partial charge in [-0.15, -0.1) is 0 Å². The maximum atomic E-state index is 5.81. The Morgan fingerprint density at radius 1 is 0.800 bits per heavy atom. The van der Waals surface area contributed by atoms with Crippen molar-refractivity contribution < 1.29 is 14.2 Å². The predicted octanol–water partition coefficient (Wildman–Crippen LogP) is 4.54. The van der Waals surface area contributed by atoms with Crippen molar-refractivity contribution in [2.75, 3.05) is 13.4 Å². The van der Waals surface area contributed by atoms with Crippen LogP contribution in [0, 0.1) is 5.92 Å². The van der Waals surface area contributed by atoms with Gasteiger partial charge in [-0.3, -0.25) is 0 Å². The van der Waals surface area contributed by atoms with Gasteiger partial charge in [0.2, 0.25) is 0 Å². The summed E-state index contributed by atoms with van der Waals surface area (Å²) in [5.41, 5.74) is -0.119. The highest BCUT2D eigenvalue weighted by Crippen LogP contribution is 2.29. The van der Waals surface area contributed by atoms with E-state index in [1.807, 2.05) is 0 Å². The first-order chi connectivity index (χ1) is 9.16. The summed E-state index contributed by atoms with van der Waals surface area (Å²) in [7, 11) is 0. The van der Waals surface area contributed by atoms with Crippen molar-refractivity contribution in [2.45, 2.75) is 91.0 Å². The average molecular weight is 286 g/mol. The van der Waals surface area contributed by atoms with E-state index in [9.17, 15) is 0 Å². The van der Waals surface area contributed by atoms with Crippen molar-refractivity contribution in [3.63, 3.8) is 0 Å². The minimum absolute atomic E-state index is 0.00932. The lowest BCUT2D eigenvalue weighted by atomic mass is 9.85. The Hall–Kier alpha value is -0.120. The van der Waals surface area contributed by atoms with Crippen molar-refractivity contribution in [3.05, 3.63) is 0 Å². The van der Waals surface area contributed by atoms with Gasteiger partial charge < -0.3 is 14.2 Å². The van der Waals surface area contributed by atoms with Crippen LogP contribution in [-0.4, -0.2) is 30.7 Å². The molecule has 0 unspecified atom stereocenters. The lowest BCUT2D eigenvalue weighted by Gasteiger charge is -2.30. The van der Waals surface area contributed by atoms with E-state index in [2.05, 4.69) is 41.5 Å². The fourth-order valence-electron chi connectivity index (χ4n) is 2.43. The number of hydrogen-bond acceptors (Lipinski definition) is 3. The number of ether oxygens (including phenoxy) is 3. The van der Waals surface area contributed by atoms with E-state index in [1.165, 1.54) is 19.3 Å². The molecule has 0 aromatic carbocycles. The summed E-state index contributed by atoms with van der Waals surface area (Å²) in [6.07, 6.45) is 6.41. The van der Waals surface area contributed by atoms with Crippen LogP contribution in [0.2, 0.25) is 0 Å². The first-order valence-electron chi connectivity index (χ1n) is 8.05. The van der Waals surface area contributed by atoms with E-state index in [0.29, 0.717) is 12.9 Å². The molecule has 1 aliphatic rings. The van der Waals surface area contributed by atoms with Crippen LogP contribution in [0.15, 0.2) is 0 Å². The van der Waals surface area contributed by atoms with Crippen LogP contribution in [0.5, 0.6) is 0 Å². The molecule has 0 saturated heterocycles. The summed E-state index contributed by atoms with van der Waals surface area (Å²) in [6.45, 7) is 13.8. The third-order valence-electron chi connectivity index (χ3n) is 3.65. The van der Waals surface area contributed by atoms with Crippen LogP contribution >= 0.6 is 0 Å². The Balaban J connectivity index is 2.08. The van der Waals surface area contributed by atoms with E-state index in [-0.39, 0.29) is 11.2 Å².